The first kappa shape index (κ1) is 19.1. The van der Waals surface area contributed by atoms with Crippen LogP contribution in [0.5, 0.6) is 0 Å². The van der Waals surface area contributed by atoms with Crippen molar-refractivity contribution in [2.24, 2.45) is 0 Å². The van der Waals surface area contributed by atoms with Crippen LogP contribution in [-0.2, 0) is 6.54 Å². The minimum Gasteiger partial charge on any atom is -0.448 e. The summed E-state index contributed by atoms with van der Waals surface area (Å²) in [5.74, 6) is 0.305. The molecule has 2 aromatic carbocycles. The van der Waals surface area contributed by atoms with Gasteiger partial charge in [-0.05, 0) is 35.9 Å². The van der Waals surface area contributed by atoms with Gasteiger partial charge >= 0.3 is 0 Å². The summed E-state index contributed by atoms with van der Waals surface area (Å²) >= 11 is 7.61. The van der Waals surface area contributed by atoms with Crippen LogP contribution >= 0.6 is 22.9 Å². The molecule has 0 fully saturated rings. The number of nitro groups is 1. The Kier molecular flexibility index (Phi) is 5.04. The zero-order chi connectivity index (χ0) is 20.5. The molecule has 0 bridgehead atoms. The highest BCUT2D eigenvalue weighted by Gasteiger charge is 2.20. The standard InChI is InChI=1S/C20H14ClN3O4S/c1-23(11-12-10-13(24(26)27)6-7-14(12)21)20(25)17-9-8-16(28-17)19-22-15-4-2-3-5-18(15)29-19/h2-10H,11H2,1H3. The number of hydrogen-bond acceptors (Lipinski definition) is 6. The number of hydrogen-bond donors (Lipinski definition) is 0. The molecule has 0 atom stereocenters. The first-order valence-electron chi connectivity index (χ1n) is 8.56. The summed E-state index contributed by atoms with van der Waals surface area (Å²) in [5, 5.41) is 12.0. The van der Waals surface area contributed by atoms with Gasteiger partial charge < -0.3 is 9.32 Å². The lowest BCUT2D eigenvalue weighted by Crippen LogP contribution is -2.26. The zero-order valence-corrected chi connectivity index (χ0v) is 16.7. The van der Waals surface area contributed by atoms with Gasteiger partial charge in [0.05, 0.1) is 15.1 Å². The lowest BCUT2D eigenvalue weighted by Gasteiger charge is -2.16. The predicted octanol–water partition coefficient (Wildman–Crippen LogP) is 5.39. The highest BCUT2D eigenvalue weighted by atomic mass is 35.5. The Hall–Kier alpha value is -3.23. The Bertz CT molecular complexity index is 1200. The molecule has 0 aliphatic carbocycles. The van der Waals surface area contributed by atoms with Crippen molar-refractivity contribution in [2.75, 3.05) is 7.05 Å². The number of halogens is 1. The smallest absolute Gasteiger partial charge is 0.289 e. The van der Waals surface area contributed by atoms with Crippen molar-refractivity contribution in [3.63, 3.8) is 0 Å². The fourth-order valence-electron chi connectivity index (χ4n) is 2.86. The average molecular weight is 428 g/mol. The molecule has 0 saturated carbocycles. The van der Waals surface area contributed by atoms with Crippen molar-refractivity contribution in [3.8, 4) is 10.8 Å². The third-order valence-corrected chi connectivity index (χ3v) is 5.74. The van der Waals surface area contributed by atoms with E-state index in [2.05, 4.69) is 4.98 Å². The number of para-hydroxylation sites is 1. The van der Waals surface area contributed by atoms with E-state index in [1.807, 2.05) is 24.3 Å². The molecule has 2 heterocycles. The molecule has 146 valence electrons. The van der Waals surface area contributed by atoms with Crippen LogP contribution in [0.25, 0.3) is 21.0 Å². The van der Waals surface area contributed by atoms with Crippen molar-refractivity contribution >= 4 is 44.7 Å². The normalized spacial score (nSPS) is 11.0. The number of benzene rings is 2. The summed E-state index contributed by atoms with van der Waals surface area (Å²) in [6, 6.07) is 15.2. The van der Waals surface area contributed by atoms with Crippen LogP contribution in [0.15, 0.2) is 59.0 Å². The second-order valence-corrected chi connectivity index (χ2v) is 7.78. The van der Waals surface area contributed by atoms with Gasteiger partial charge in [0.1, 0.15) is 0 Å². The number of non-ortho nitro benzene ring substituents is 1. The first-order chi connectivity index (χ1) is 13.9. The quantitative estimate of drug-likeness (QED) is 0.314. The number of carbonyl (C=O) groups is 1. The van der Waals surface area contributed by atoms with Gasteiger partial charge in [0, 0.05) is 30.7 Å². The first-order valence-corrected chi connectivity index (χ1v) is 9.76. The molecule has 9 heteroatoms. The number of fused-ring (bicyclic) bond motifs is 1. The maximum Gasteiger partial charge on any atom is 0.289 e. The molecule has 4 aromatic rings. The number of carbonyl (C=O) groups excluding carboxylic acids is 1. The van der Waals surface area contributed by atoms with Crippen molar-refractivity contribution < 1.29 is 14.1 Å². The van der Waals surface area contributed by atoms with E-state index < -0.39 is 4.92 Å². The predicted molar refractivity (Wildman–Crippen MR) is 111 cm³/mol. The third-order valence-electron chi connectivity index (χ3n) is 4.32. The van der Waals surface area contributed by atoms with Crippen LogP contribution in [0.4, 0.5) is 5.69 Å². The Morgan fingerprint density at radius 3 is 2.79 bits per heavy atom. The van der Waals surface area contributed by atoms with E-state index in [1.165, 1.54) is 34.4 Å². The van der Waals surface area contributed by atoms with E-state index in [0.717, 1.165) is 10.2 Å². The highest BCUT2D eigenvalue weighted by molar-refractivity contribution is 7.21. The summed E-state index contributed by atoms with van der Waals surface area (Å²) in [4.78, 5) is 29.1. The van der Waals surface area contributed by atoms with Crippen LogP contribution < -0.4 is 0 Å². The van der Waals surface area contributed by atoms with Crippen molar-refractivity contribution in [1.29, 1.82) is 0 Å². The van der Waals surface area contributed by atoms with E-state index in [4.69, 9.17) is 16.0 Å². The molecule has 0 unspecified atom stereocenters. The van der Waals surface area contributed by atoms with Gasteiger partial charge in [0.25, 0.3) is 11.6 Å². The van der Waals surface area contributed by atoms with Crippen LogP contribution in [0.2, 0.25) is 5.02 Å². The molecular weight excluding hydrogens is 414 g/mol. The van der Waals surface area contributed by atoms with Crippen LogP contribution in [0.1, 0.15) is 16.1 Å². The summed E-state index contributed by atoms with van der Waals surface area (Å²) in [6.45, 7) is 0.108. The fraction of sp³-hybridized carbons (Fsp3) is 0.100. The SMILES string of the molecule is CN(Cc1cc([N+](=O)[O-])ccc1Cl)C(=O)c1ccc(-c2nc3ccccc3s2)o1. The largest absolute Gasteiger partial charge is 0.448 e. The number of nitro benzene ring substituents is 1. The molecule has 1 amide bonds. The lowest BCUT2D eigenvalue weighted by atomic mass is 10.2. The number of nitrogens with zero attached hydrogens (tertiary/aromatic N) is 3. The van der Waals surface area contributed by atoms with E-state index in [9.17, 15) is 14.9 Å². The van der Waals surface area contributed by atoms with E-state index in [-0.39, 0.29) is 23.9 Å². The molecule has 0 spiro atoms. The van der Waals surface area contributed by atoms with E-state index in [0.29, 0.717) is 21.4 Å². The Morgan fingerprint density at radius 1 is 1.24 bits per heavy atom. The van der Waals surface area contributed by atoms with Crippen LogP contribution in [0, 0.1) is 10.1 Å². The number of rotatable bonds is 5. The van der Waals surface area contributed by atoms with Gasteiger partial charge in [-0.15, -0.1) is 11.3 Å². The van der Waals surface area contributed by atoms with Gasteiger partial charge in [-0.2, -0.15) is 0 Å². The Morgan fingerprint density at radius 2 is 2.03 bits per heavy atom. The van der Waals surface area contributed by atoms with Gasteiger partial charge in [0.2, 0.25) is 0 Å². The lowest BCUT2D eigenvalue weighted by molar-refractivity contribution is -0.384. The number of furan rings is 1. The fourth-order valence-corrected chi connectivity index (χ4v) is 3.96. The van der Waals surface area contributed by atoms with Crippen LogP contribution in [-0.4, -0.2) is 27.8 Å². The molecule has 0 saturated heterocycles. The molecule has 0 radical (unpaired) electrons. The minimum absolute atomic E-state index is 0.0821. The van der Waals surface area contributed by atoms with Crippen molar-refractivity contribution in [1.82, 2.24) is 9.88 Å². The second-order valence-electron chi connectivity index (χ2n) is 6.34. The van der Waals surface area contributed by atoms with Gasteiger partial charge in [-0.3, -0.25) is 14.9 Å². The second kappa shape index (κ2) is 7.65. The van der Waals surface area contributed by atoms with Gasteiger partial charge in [0.15, 0.2) is 16.5 Å². The molecule has 7 nitrogen and oxygen atoms in total. The summed E-state index contributed by atoms with van der Waals surface area (Å²) < 4.78 is 6.76. The average Bonchev–Trinajstić information content (AvgIpc) is 3.35. The molecule has 2 aromatic heterocycles. The van der Waals surface area contributed by atoms with Gasteiger partial charge in [-0.1, -0.05) is 23.7 Å². The minimum atomic E-state index is -0.502. The molecule has 4 rings (SSSR count). The number of aromatic nitrogens is 1. The molecular formula is C20H14ClN3O4S. The van der Waals surface area contributed by atoms with Crippen molar-refractivity contribution in [2.45, 2.75) is 6.54 Å². The monoisotopic (exact) mass is 427 g/mol. The maximum atomic E-state index is 12.7. The third kappa shape index (κ3) is 3.85. The number of amides is 1. The Balaban J connectivity index is 1.54. The number of thiazole rings is 1. The zero-order valence-electron chi connectivity index (χ0n) is 15.2. The summed E-state index contributed by atoms with van der Waals surface area (Å²) in [7, 11) is 1.58. The van der Waals surface area contributed by atoms with E-state index in [1.54, 1.807) is 19.2 Å². The Labute approximate surface area is 174 Å². The molecule has 0 N–H and O–H groups in total. The highest BCUT2D eigenvalue weighted by Crippen LogP contribution is 2.31. The summed E-state index contributed by atoms with van der Waals surface area (Å²) in [5.41, 5.74) is 1.27. The van der Waals surface area contributed by atoms with E-state index >= 15 is 0 Å². The molecule has 0 aliphatic rings. The summed E-state index contributed by atoms with van der Waals surface area (Å²) in [6.07, 6.45) is 0. The topological polar surface area (TPSA) is 89.5 Å². The molecule has 0 aliphatic heterocycles. The molecule has 29 heavy (non-hydrogen) atoms. The van der Waals surface area contributed by atoms with Gasteiger partial charge in [-0.25, -0.2) is 4.98 Å². The van der Waals surface area contributed by atoms with Crippen molar-refractivity contribution in [3.05, 3.63) is 81.1 Å². The van der Waals surface area contributed by atoms with Crippen LogP contribution in [0.3, 0.4) is 0 Å². The maximum absolute atomic E-state index is 12.7.